The molecule has 0 saturated carbocycles. The van der Waals surface area contributed by atoms with Gasteiger partial charge in [-0.15, -0.1) is 0 Å². The fourth-order valence-corrected chi connectivity index (χ4v) is 1.56. The van der Waals surface area contributed by atoms with Crippen LogP contribution in [0.1, 0.15) is 24.8 Å². The minimum absolute atomic E-state index is 0.123. The smallest absolute Gasteiger partial charge is 0.137 e. The van der Waals surface area contributed by atoms with E-state index >= 15 is 0 Å². The van der Waals surface area contributed by atoms with Gasteiger partial charge in [-0.2, -0.15) is 0 Å². The Morgan fingerprint density at radius 1 is 1.43 bits per heavy atom. The quantitative estimate of drug-likeness (QED) is 0.740. The first-order valence-electron chi connectivity index (χ1n) is 4.50. The molecule has 74 valence electrons. The highest BCUT2D eigenvalue weighted by Gasteiger charge is 2.16. The second-order valence-electron chi connectivity index (χ2n) is 3.30. The van der Waals surface area contributed by atoms with E-state index in [1.165, 1.54) is 0 Å². The highest BCUT2D eigenvalue weighted by atomic mass is 35.5. The Labute approximate surface area is 89.4 Å². The lowest BCUT2D eigenvalue weighted by Gasteiger charge is -2.12. The van der Waals surface area contributed by atoms with Gasteiger partial charge >= 0.3 is 0 Å². The summed E-state index contributed by atoms with van der Waals surface area (Å²) in [5.74, 6) is -0.0285. The first kappa shape index (κ1) is 11.0. The summed E-state index contributed by atoms with van der Waals surface area (Å²) in [6.45, 7) is 5.20. The molecule has 0 saturated heterocycles. The lowest BCUT2D eigenvalue weighted by Crippen LogP contribution is -2.08. The number of Topliss-reactive ketones (excluding diaryl/α,β-unsaturated/α-hetero) is 1. The molecule has 0 aliphatic rings. The molecule has 0 N–H and O–H groups in total. The molecule has 1 unspecified atom stereocenters. The van der Waals surface area contributed by atoms with Crippen LogP contribution in [0.15, 0.2) is 41.9 Å². The average molecular weight is 209 g/mol. The standard InChI is InChI=1S/C12H13ClO/c1-9(13)8-12(10(2)14)11-6-4-3-5-7-11/h3-7,12H,1,8H2,2H3. The van der Waals surface area contributed by atoms with Crippen molar-refractivity contribution in [2.24, 2.45) is 0 Å². The van der Waals surface area contributed by atoms with Gasteiger partial charge in [0.15, 0.2) is 0 Å². The van der Waals surface area contributed by atoms with Crippen molar-refractivity contribution in [3.05, 3.63) is 47.5 Å². The molecule has 0 aliphatic carbocycles. The van der Waals surface area contributed by atoms with Crippen molar-refractivity contribution in [1.29, 1.82) is 0 Å². The van der Waals surface area contributed by atoms with Crippen LogP contribution in [-0.2, 0) is 4.79 Å². The zero-order valence-corrected chi connectivity index (χ0v) is 8.92. The third-order valence-electron chi connectivity index (χ3n) is 2.12. The van der Waals surface area contributed by atoms with Gasteiger partial charge < -0.3 is 0 Å². The number of ketones is 1. The molecule has 1 rings (SSSR count). The summed E-state index contributed by atoms with van der Waals surface area (Å²) in [6, 6.07) is 9.64. The van der Waals surface area contributed by atoms with Crippen LogP contribution in [0.2, 0.25) is 0 Å². The lowest BCUT2D eigenvalue weighted by molar-refractivity contribution is -0.118. The van der Waals surface area contributed by atoms with E-state index in [1.807, 2.05) is 30.3 Å². The van der Waals surface area contributed by atoms with Crippen molar-refractivity contribution in [3.8, 4) is 0 Å². The van der Waals surface area contributed by atoms with Crippen molar-refractivity contribution < 1.29 is 4.79 Å². The molecule has 0 aliphatic heterocycles. The molecule has 1 aromatic carbocycles. The molecule has 0 radical (unpaired) electrons. The van der Waals surface area contributed by atoms with E-state index in [9.17, 15) is 4.79 Å². The molecule has 0 heterocycles. The van der Waals surface area contributed by atoms with E-state index in [4.69, 9.17) is 11.6 Å². The molecule has 14 heavy (non-hydrogen) atoms. The second-order valence-corrected chi connectivity index (χ2v) is 3.83. The molecule has 1 nitrogen and oxygen atoms in total. The predicted molar refractivity (Wildman–Crippen MR) is 59.5 cm³/mol. The Morgan fingerprint density at radius 3 is 2.43 bits per heavy atom. The van der Waals surface area contributed by atoms with Gasteiger partial charge in [-0.05, 0) is 18.9 Å². The van der Waals surface area contributed by atoms with Gasteiger partial charge in [-0.25, -0.2) is 0 Å². The molecule has 1 aromatic rings. The number of rotatable bonds is 4. The summed E-state index contributed by atoms with van der Waals surface area (Å²) < 4.78 is 0. The van der Waals surface area contributed by atoms with Gasteiger partial charge in [0.05, 0.1) is 0 Å². The van der Waals surface area contributed by atoms with Crippen molar-refractivity contribution in [2.45, 2.75) is 19.3 Å². The Bertz CT molecular complexity index is 329. The monoisotopic (exact) mass is 208 g/mol. The zero-order chi connectivity index (χ0) is 10.6. The molecular formula is C12H13ClO. The maximum atomic E-state index is 11.4. The van der Waals surface area contributed by atoms with Crippen LogP contribution >= 0.6 is 11.6 Å². The van der Waals surface area contributed by atoms with Crippen LogP contribution in [0.4, 0.5) is 0 Å². The third kappa shape index (κ3) is 3.00. The van der Waals surface area contributed by atoms with Crippen LogP contribution in [0.5, 0.6) is 0 Å². The Morgan fingerprint density at radius 2 is 2.00 bits per heavy atom. The molecule has 0 bridgehead atoms. The van der Waals surface area contributed by atoms with Crippen molar-refractivity contribution >= 4 is 17.4 Å². The summed E-state index contributed by atoms with van der Waals surface area (Å²) >= 11 is 5.72. The summed E-state index contributed by atoms with van der Waals surface area (Å²) in [5, 5.41) is 0.522. The van der Waals surface area contributed by atoms with Gasteiger partial charge in [-0.3, -0.25) is 4.79 Å². The van der Waals surface area contributed by atoms with Crippen molar-refractivity contribution in [1.82, 2.24) is 0 Å². The maximum Gasteiger partial charge on any atom is 0.137 e. The van der Waals surface area contributed by atoms with E-state index < -0.39 is 0 Å². The fraction of sp³-hybridized carbons (Fsp3) is 0.250. The molecule has 0 spiro atoms. The van der Waals surface area contributed by atoms with Crippen molar-refractivity contribution in [3.63, 3.8) is 0 Å². The van der Waals surface area contributed by atoms with E-state index in [-0.39, 0.29) is 11.7 Å². The largest absolute Gasteiger partial charge is 0.299 e. The van der Waals surface area contributed by atoms with E-state index in [0.717, 1.165) is 5.56 Å². The van der Waals surface area contributed by atoms with E-state index in [1.54, 1.807) is 6.92 Å². The molecule has 1 atom stereocenters. The van der Waals surface area contributed by atoms with Crippen LogP contribution in [0, 0.1) is 0 Å². The van der Waals surface area contributed by atoms with Crippen LogP contribution in [0.25, 0.3) is 0 Å². The number of hydrogen-bond donors (Lipinski definition) is 0. The second kappa shape index (κ2) is 4.97. The number of halogens is 1. The molecule has 0 fully saturated rings. The number of carbonyl (C=O) groups excluding carboxylic acids is 1. The Hall–Kier alpha value is -1.08. The van der Waals surface area contributed by atoms with Gasteiger partial charge in [0, 0.05) is 11.0 Å². The fourth-order valence-electron chi connectivity index (χ4n) is 1.40. The summed E-state index contributed by atoms with van der Waals surface area (Å²) in [4.78, 5) is 11.4. The van der Waals surface area contributed by atoms with E-state index in [2.05, 4.69) is 6.58 Å². The SMILES string of the molecule is C=C(Cl)CC(C(C)=O)c1ccccc1. The average Bonchev–Trinajstić information content (AvgIpc) is 2.15. The minimum Gasteiger partial charge on any atom is -0.299 e. The number of benzene rings is 1. The Kier molecular flexibility index (Phi) is 3.90. The Balaban J connectivity index is 2.89. The first-order chi connectivity index (χ1) is 6.61. The maximum absolute atomic E-state index is 11.4. The van der Waals surface area contributed by atoms with Crippen LogP contribution < -0.4 is 0 Å². The summed E-state index contributed by atoms with van der Waals surface area (Å²) in [7, 11) is 0. The third-order valence-corrected chi connectivity index (χ3v) is 2.27. The van der Waals surface area contributed by atoms with Gasteiger partial charge in [-0.1, -0.05) is 48.5 Å². The normalized spacial score (nSPS) is 12.1. The van der Waals surface area contributed by atoms with Gasteiger partial charge in [0.2, 0.25) is 0 Å². The number of hydrogen-bond acceptors (Lipinski definition) is 1. The van der Waals surface area contributed by atoms with Gasteiger partial charge in [0.1, 0.15) is 5.78 Å². The van der Waals surface area contributed by atoms with Crippen molar-refractivity contribution in [2.75, 3.05) is 0 Å². The summed E-state index contributed by atoms with van der Waals surface area (Å²) in [5.41, 5.74) is 1.00. The van der Waals surface area contributed by atoms with Crippen LogP contribution in [0.3, 0.4) is 0 Å². The van der Waals surface area contributed by atoms with Gasteiger partial charge in [0.25, 0.3) is 0 Å². The number of carbonyl (C=O) groups is 1. The predicted octanol–water partition coefficient (Wildman–Crippen LogP) is 3.50. The molecule has 2 heteroatoms. The topological polar surface area (TPSA) is 17.1 Å². The number of allylic oxidation sites excluding steroid dienone is 1. The first-order valence-corrected chi connectivity index (χ1v) is 4.87. The molecule has 0 aromatic heterocycles. The highest BCUT2D eigenvalue weighted by molar-refractivity contribution is 6.29. The summed E-state index contributed by atoms with van der Waals surface area (Å²) in [6.07, 6.45) is 0.515. The van der Waals surface area contributed by atoms with Crippen LogP contribution in [-0.4, -0.2) is 5.78 Å². The highest BCUT2D eigenvalue weighted by Crippen LogP contribution is 2.25. The zero-order valence-electron chi connectivity index (χ0n) is 8.16. The lowest BCUT2D eigenvalue weighted by atomic mass is 9.92. The van der Waals surface area contributed by atoms with E-state index in [0.29, 0.717) is 11.5 Å². The molecular weight excluding hydrogens is 196 g/mol. The molecule has 0 amide bonds. The minimum atomic E-state index is -0.152.